The van der Waals surface area contributed by atoms with Gasteiger partial charge in [-0.05, 0) is 30.7 Å². The molecule has 1 heterocycles. The van der Waals surface area contributed by atoms with Crippen molar-refractivity contribution in [1.29, 1.82) is 0 Å². The number of fused-ring (bicyclic) bond motifs is 1. The van der Waals surface area contributed by atoms with Crippen LogP contribution in [-0.4, -0.2) is 25.9 Å². The highest BCUT2D eigenvalue weighted by Gasteiger charge is 2.23. The largest absolute Gasteiger partial charge is 0.337 e. The number of sulfone groups is 1. The fourth-order valence-electron chi connectivity index (χ4n) is 3.74. The van der Waals surface area contributed by atoms with Crippen LogP contribution in [0.5, 0.6) is 0 Å². The SMILES string of the molecule is Cc1cccc(CS(=O)(=O)c2cn(CC(=O)N(C)c3ccccc3)c3ccccc23)c1. The Kier molecular flexibility index (Phi) is 5.65. The van der Waals surface area contributed by atoms with E-state index in [0.717, 1.165) is 22.3 Å². The standard InChI is InChI=1S/C25H24N2O3S/c1-19-9-8-10-20(15-19)18-31(29,30)24-16-27(23-14-7-6-13-22(23)24)17-25(28)26(2)21-11-4-3-5-12-21/h3-16H,17-18H2,1-2H3. The molecule has 158 valence electrons. The topological polar surface area (TPSA) is 59.4 Å². The monoisotopic (exact) mass is 432 g/mol. The summed E-state index contributed by atoms with van der Waals surface area (Å²) < 4.78 is 28.3. The fraction of sp³-hybridized carbons (Fsp3) is 0.160. The van der Waals surface area contributed by atoms with Crippen molar-refractivity contribution in [1.82, 2.24) is 4.57 Å². The van der Waals surface area contributed by atoms with Crippen LogP contribution in [-0.2, 0) is 26.9 Å². The second-order valence-electron chi connectivity index (χ2n) is 7.67. The van der Waals surface area contributed by atoms with E-state index in [1.165, 1.54) is 0 Å². The number of carbonyl (C=O) groups excluding carboxylic acids is 1. The Bertz CT molecular complexity index is 1340. The Hall–Kier alpha value is -3.38. The lowest BCUT2D eigenvalue weighted by Crippen LogP contribution is -2.29. The first kappa shape index (κ1) is 20.9. The predicted octanol–water partition coefficient (Wildman–Crippen LogP) is 4.59. The third-order valence-electron chi connectivity index (χ3n) is 5.35. The van der Waals surface area contributed by atoms with Crippen LogP contribution < -0.4 is 4.90 Å². The number of anilines is 1. The highest BCUT2D eigenvalue weighted by Crippen LogP contribution is 2.28. The summed E-state index contributed by atoms with van der Waals surface area (Å²) in [6.07, 6.45) is 1.59. The predicted molar refractivity (Wildman–Crippen MR) is 124 cm³/mol. The van der Waals surface area contributed by atoms with E-state index < -0.39 is 9.84 Å². The van der Waals surface area contributed by atoms with E-state index in [0.29, 0.717) is 5.39 Å². The first-order valence-electron chi connectivity index (χ1n) is 10.0. The summed E-state index contributed by atoms with van der Waals surface area (Å²) in [5, 5.41) is 0.630. The lowest BCUT2D eigenvalue weighted by molar-refractivity contribution is -0.118. The number of carbonyl (C=O) groups is 1. The first-order valence-corrected chi connectivity index (χ1v) is 11.7. The molecule has 1 amide bonds. The number of nitrogens with zero attached hydrogens (tertiary/aromatic N) is 2. The fourth-order valence-corrected chi connectivity index (χ4v) is 5.31. The van der Waals surface area contributed by atoms with E-state index in [1.54, 1.807) is 28.8 Å². The van der Waals surface area contributed by atoms with Gasteiger partial charge in [-0.3, -0.25) is 4.79 Å². The highest BCUT2D eigenvalue weighted by atomic mass is 32.2. The molecule has 0 fully saturated rings. The average molecular weight is 433 g/mol. The number of rotatable bonds is 6. The lowest BCUT2D eigenvalue weighted by Gasteiger charge is -2.18. The summed E-state index contributed by atoms with van der Waals surface area (Å²) in [5.74, 6) is -0.213. The minimum atomic E-state index is -3.59. The smallest absolute Gasteiger partial charge is 0.246 e. The molecule has 0 aliphatic rings. The van der Waals surface area contributed by atoms with Gasteiger partial charge < -0.3 is 9.47 Å². The van der Waals surface area contributed by atoms with Crippen LogP contribution in [0.3, 0.4) is 0 Å². The van der Waals surface area contributed by atoms with Gasteiger partial charge in [-0.2, -0.15) is 0 Å². The van der Waals surface area contributed by atoms with Gasteiger partial charge in [0.2, 0.25) is 5.91 Å². The number of amides is 1. The van der Waals surface area contributed by atoms with Crippen molar-refractivity contribution in [3.05, 3.63) is 96.2 Å². The minimum Gasteiger partial charge on any atom is -0.337 e. The second-order valence-corrected chi connectivity index (χ2v) is 9.63. The molecule has 0 radical (unpaired) electrons. The number of para-hydroxylation sites is 2. The van der Waals surface area contributed by atoms with Crippen molar-refractivity contribution >= 4 is 32.3 Å². The molecule has 3 aromatic carbocycles. The summed E-state index contributed by atoms with van der Waals surface area (Å²) in [5.41, 5.74) is 3.28. The van der Waals surface area contributed by atoms with Gasteiger partial charge in [0.15, 0.2) is 9.84 Å². The zero-order valence-electron chi connectivity index (χ0n) is 17.5. The van der Waals surface area contributed by atoms with Crippen molar-refractivity contribution < 1.29 is 13.2 Å². The molecular weight excluding hydrogens is 408 g/mol. The number of hydrogen-bond donors (Lipinski definition) is 0. The van der Waals surface area contributed by atoms with Gasteiger partial charge in [0.1, 0.15) is 6.54 Å². The van der Waals surface area contributed by atoms with Gasteiger partial charge in [0.25, 0.3) is 0 Å². The number of aryl methyl sites for hydroxylation is 1. The quantitative estimate of drug-likeness (QED) is 0.448. The molecule has 4 aromatic rings. The third-order valence-corrected chi connectivity index (χ3v) is 7.06. The van der Waals surface area contributed by atoms with Gasteiger partial charge in [0.05, 0.1) is 10.6 Å². The molecule has 0 saturated carbocycles. The number of likely N-dealkylation sites (N-methyl/N-ethyl adjacent to an activating group) is 1. The van der Waals surface area contributed by atoms with Gasteiger partial charge in [-0.15, -0.1) is 0 Å². The number of aromatic nitrogens is 1. The Balaban J connectivity index is 1.68. The molecule has 0 bridgehead atoms. The molecule has 0 aliphatic carbocycles. The lowest BCUT2D eigenvalue weighted by atomic mass is 10.2. The maximum atomic E-state index is 13.3. The summed E-state index contributed by atoms with van der Waals surface area (Å²) >= 11 is 0. The van der Waals surface area contributed by atoms with Crippen LogP contribution in [0.2, 0.25) is 0 Å². The molecule has 0 spiro atoms. The Morgan fingerprint density at radius 2 is 1.65 bits per heavy atom. The first-order chi connectivity index (χ1) is 14.8. The molecule has 4 rings (SSSR count). The van der Waals surface area contributed by atoms with Crippen molar-refractivity contribution in [3.63, 3.8) is 0 Å². The van der Waals surface area contributed by atoms with Gasteiger partial charge >= 0.3 is 0 Å². The second kappa shape index (κ2) is 8.40. The maximum Gasteiger partial charge on any atom is 0.246 e. The highest BCUT2D eigenvalue weighted by molar-refractivity contribution is 7.90. The molecule has 0 N–H and O–H groups in total. The molecule has 0 atom stereocenters. The van der Waals surface area contributed by atoms with E-state index in [1.807, 2.05) is 79.7 Å². The zero-order chi connectivity index (χ0) is 22.0. The summed E-state index contributed by atoms with van der Waals surface area (Å²) in [7, 11) is -1.87. The van der Waals surface area contributed by atoms with Gasteiger partial charge in [-0.25, -0.2) is 8.42 Å². The zero-order valence-corrected chi connectivity index (χ0v) is 18.3. The van der Waals surface area contributed by atoms with Crippen molar-refractivity contribution in [3.8, 4) is 0 Å². The summed E-state index contributed by atoms with van der Waals surface area (Å²) in [6, 6.07) is 24.2. The summed E-state index contributed by atoms with van der Waals surface area (Å²) in [6.45, 7) is 1.99. The molecule has 6 heteroatoms. The Morgan fingerprint density at radius 3 is 2.39 bits per heavy atom. The molecule has 0 unspecified atom stereocenters. The Morgan fingerprint density at radius 1 is 0.935 bits per heavy atom. The van der Waals surface area contributed by atoms with Crippen LogP contribution in [0.15, 0.2) is 90.0 Å². The number of benzene rings is 3. The van der Waals surface area contributed by atoms with Crippen LogP contribution >= 0.6 is 0 Å². The summed E-state index contributed by atoms with van der Waals surface area (Å²) in [4.78, 5) is 14.7. The molecule has 0 saturated heterocycles. The van der Waals surface area contributed by atoms with Crippen LogP contribution in [0, 0.1) is 6.92 Å². The number of hydrogen-bond acceptors (Lipinski definition) is 3. The van der Waals surface area contributed by atoms with E-state index in [2.05, 4.69) is 0 Å². The van der Waals surface area contributed by atoms with Crippen molar-refractivity contribution in [2.24, 2.45) is 0 Å². The van der Waals surface area contributed by atoms with E-state index in [-0.39, 0.29) is 23.1 Å². The maximum absolute atomic E-state index is 13.3. The van der Waals surface area contributed by atoms with Gasteiger partial charge in [-0.1, -0.05) is 66.2 Å². The Labute approximate surface area is 182 Å². The van der Waals surface area contributed by atoms with E-state index >= 15 is 0 Å². The molecule has 31 heavy (non-hydrogen) atoms. The normalized spacial score (nSPS) is 11.5. The molecule has 1 aromatic heterocycles. The average Bonchev–Trinajstić information content (AvgIpc) is 3.13. The van der Waals surface area contributed by atoms with Crippen molar-refractivity contribution in [2.75, 3.05) is 11.9 Å². The van der Waals surface area contributed by atoms with Crippen LogP contribution in [0.4, 0.5) is 5.69 Å². The van der Waals surface area contributed by atoms with Gasteiger partial charge in [0, 0.05) is 29.8 Å². The van der Waals surface area contributed by atoms with Crippen molar-refractivity contribution in [2.45, 2.75) is 24.1 Å². The third kappa shape index (κ3) is 4.39. The molecule has 5 nitrogen and oxygen atoms in total. The minimum absolute atomic E-state index is 0.0475. The van der Waals surface area contributed by atoms with E-state index in [4.69, 9.17) is 0 Å². The van der Waals surface area contributed by atoms with Crippen LogP contribution in [0.25, 0.3) is 10.9 Å². The molecule has 0 aliphatic heterocycles. The van der Waals surface area contributed by atoms with Crippen LogP contribution in [0.1, 0.15) is 11.1 Å². The van der Waals surface area contributed by atoms with E-state index in [9.17, 15) is 13.2 Å². The molecular formula is C25H24N2O3S.